The van der Waals surface area contributed by atoms with Crippen LogP contribution in [0, 0.1) is 11.6 Å². The number of benzene rings is 3. The molecule has 1 aliphatic heterocycles. The van der Waals surface area contributed by atoms with Crippen molar-refractivity contribution < 1.29 is 26.7 Å². The maximum Gasteiger partial charge on any atom is 0.262 e. The number of ether oxygens (including phenoxy) is 1. The van der Waals surface area contributed by atoms with Crippen LogP contribution in [0.4, 0.5) is 14.5 Å². The number of anilines is 1. The lowest BCUT2D eigenvalue weighted by Crippen LogP contribution is -2.18. The highest BCUT2D eigenvalue weighted by Gasteiger charge is 2.25. The summed E-state index contributed by atoms with van der Waals surface area (Å²) < 4.78 is 58.4. The molecule has 0 saturated heterocycles. The van der Waals surface area contributed by atoms with E-state index >= 15 is 0 Å². The van der Waals surface area contributed by atoms with Crippen LogP contribution in [0.25, 0.3) is 6.08 Å². The molecule has 0 saturated carbocycles. The molecule has 0 radical (unpaired) electrons. The first-order chi connectivity index (χ1) is 15.3. The predicted octanol–water partition coefficient (Wildman–Crippen LogP) is 5.03. The Hall–Kier alpha value is -3.17. The fraction of sp³-hybridized carbons (Fsp3) is 0.0870. The van der Waals surface area contributed by atoms with Gasteiger partial charge in [0.05, 0.1) is 28.4 Å². The van der Waals surface area contributed by atoms with Crippen molar-refractivity contribution in [3.05, 3.63) is 88.3 Å². The van der Waals surface area contributed by atoms with Crippen molar-refractivity contribution in [3.63, 3.8) is 0 Å². The van der Waals surface area contributed by atoms with E-state index in [0.717, 1.165) is 17.7 Å². The van der Waals surface area contributed by atoms with Gasteiger partial charge in [-0.2, -0.15) is 0 Å². The molecular weight excluding hydrogens is 456 g/mol. The van der Waals surface area contributed by atoms with Crippen LogP contribution in [0.3, 0.4) is 0 Å². The lowest BCUT2D eigenvalue weighted by molar-refractivity contribution is -0.112. The number of amides is 1. The SMILES string of the molecule is COc1ccc(/C=C2/Sc3ccc(S(=O)(=O)Cc4c(F)cccc4F)cc3NC2=O)cc1. The number of fused-ring (bicyclic) bond motifs is 1. The van der Waals surface area contributed by atoms with Crippen LogP contribution in [0.5, 0.6) is 5.75 Å². The van der Waals surface area contributed by atoms with Gasteiger partial charge in [-0.05, 0) is 54.1 Å². The van der Waals surface area contributed by atoms with E-state index in [1.165, 1.54) is 30.0 Å². The molecule has 0 aromatic heterocycles. The summed E-state index contributed by atoms with van der Waals surface area (Å²) in [5, 5.41) is 2.69. The molecule has 0 atom stereocenters. The summed E-state index contributed by atoms with van der Waals surface area (Å²) in [7, 11) is -2.48. The van der Waals surface area contributed by atoms with Crippen molar-refractivity contribution in [1.82, 2.24) is 0 Å². The average Bonchev–Trinajstić information content (AvgIpc) is 2.77. The quantitative estimate of drug-likeness (QED) is 0.526. The molecule has 3 aromatic carbocycles. The molecule has 0 spiro atoms. The molecule has 1 amide bonds. The number of halogens is 2. The zero-order valence-corrected chi connectivity index (χ0v) is 18.4. The maximum atomic E-state index is 13.9. The van der Waals surface area contributed by atoms with Crippen molar-refractivity contribution in [2.45, 2.75) is 15.5 Å². The number of hydrogen-bond acceptors (Lipinski definition) is 5. The first-order valence-corrected chi connectivity index (χ1v) is 11.9. The van der Waals surface area contributed by atoms with E-state index in [0.29, 0.717) is 21.2 Å². The summed E-state index contributed by atoms with van der Waals surface area (Å²) in [5.74, 6) is -2.36. The van der Waals surface area contributed by atoms with E-state index in [1.807, 2.05) is 12.1 Å². The summed E-state index contributed by atoms with van der Waals surface area (Å²) in [6.07, 6.45) is 1.72. The van der Waals surface area contributed by atoms with Gasteiger partial charge in [0.25, 0.3) is 5.91 Å². The third-order valence-corrected chi connectivity index (χ3v) is 7.55. The highest BCUT2D eigenvalue weighted by molar-refractivity contribution is 8.04. The van der Waals surface area contributed by atoms with E-state index < -0.39 is 32.8 Å². The van der Waals surface area contributed by atoms with Crippen LogP contribution in [0.15, 0.2) is 75.4 Å². The van der Waals surface area contributed by atoms with Gasteiger partial charge in [-0.25, -0.2) is 17.2 Å². The fourth-order valence-electron chi connectivity index (χ4n) is 3.13. The molecule has 0 aliphatic carbocycles. The van der Waals surface area contributed by atoms with Gasteiger partial charge in [-0.15, -0.1) is 0 Å². The first-order valence-electron chi connectivity index (χ1n) is 9.41. The Bertz CT molecular complexity index is 1320. The van der Waals surface area contributed by atoms with Crippen LogP contribution in [-0.4, -0.2) is 21.4 Å². The Labute approximate surface area is 188 Å². The number of sulfone groups is 1. The van der Waals surface area contributed by atoms with Crippen LogP contribution in [0.1, 0.15) is 11.1 Å². The van der Waals surface area contributed by atoms with E-state index in [9.17, 15) is 22.0 Å². The monoisotopic (exact) mass is 473 g/mol. The van der Waals surface area contributed by atoms with E-state index in [2.05, 4.69) is 5.32 Å². The molecule has 4 rings (SSSR count). The average molecular weight is 474 g/mol. The minimum atomic E-state index is -4.05. The van der Waals surface area contributed by atoms with Gasteiger partial charge in [-0.1, -0.05) is 30.0 Å². The van der Waals surface area contributed by atoms with Gasteiger partial charge in [0.1, 0.15) is 17.4 Å². The largest absolute Gasteiger partial charge is 0.497 e. The molecule has 164 valence electrons. The molecule has 5 nitrogen and oxygen atoms in total. The predicted molar refractivity (Wildman–Crippen MR) is 119 cm³/mol. The van der Waals surface area contributed by atoms with Gasteiger partial charge in [-0.3, -0.25) is 4.79 Å². The molecular formula is C23H17F2NO4S2. The molecule has 0 bridgehead atoms. The lowest BCUT2D eigenvalue weighted by atomic mass is 10.2. The summed E-state index contributed by atoms with van der Waals surface area (Å²) in [4.78, 5) is 13.5. The number of carbonyl (C=O) groups is 1. The second kappa shape index (κ2) is 8.76. The van der Waals surface area contributed by atoms with Crippen LogP contribution < -0.4 is 10.1 Å². The Morgan fingerprint density at radius 1 is 1.03 bits per heavy atom. The summed E-state index contributed by atoms with van der Waals surface area (Å²) >= 11 is 1.20. The maximum absolute atomic E-state index is 13.9. The summed E-state index contributed by atoms with van der Waals surface area (Å²) in [5.41, 5.74) is 0.605. The van der Waals surface area contributed by atoms with Crippen LogP contribution in [-0.2, 0) is 20.4 Å². The van der Waals surface area contributed by atoms with Crippen LogP contribution in [0.2, 0.25) is 0 Å². The van der Waals surface area contributed by atoms with Gasteiger partial charge >= 0.3 is 0 Å². The molecule has 9 heteroatoms. The number of rotatable bonds is 5. The second-order valence-corrected chi connectivity index (χ2v) is 10.0. The zero-order chi connectivity index (χ0) is 22.9. The highest BCUT2D eigenvalue weighted by Crippen LogP contribution is 2.40. The van der Waals surface area contributed by atoms with E-state index in [-0.39, 0.29) is 10.8 Å². The molecule has 1 aliphatic rings. The van der Waals surface area contributed by atoms with Gasteiger partial charge in [0.15, 0.2) is 9.84 Å². The smallest absolute Gasteiger partial charge is 0.262 e. The Morgan fingerprint density at radius 2 is 1.72 bits per heavy atom. The second-order valence-electron chi connectivity index (χ2n) is 6.96. The van der Waals surface area contributed by atoms with Crippen molar-refractivity contribution in [3.8, 4) is 5.75 Å². The third-order valence-electron chi connectivity index (χ3n) is 4.81. The molecule has 3 aromatic rings. The van der Waals surface area contributed by atoms with E-state index in [4.69, 9.17) is 4.74 Å². The Morgan fingerprint density at radius 3 is 2.38 bits per heavy atom. The normalized spacial score (nSPS) is 14.7. The number of carbonyl (C=O) groups excluding carboxylic acids is 1. The molecule has 1 heterocycles. The third kappa shape index (κ3) is 4.53. The Balaban J connectivity index is 1.60. The topological polar surface area (TPSA) is 72.5 Å². The van der Waals surface area contributed by atoms with Crippen molar-refractivity contribution in [1.29, 1.82) is 0 Å². The van der Waals surface area contributed by atoms with Gasteiger partial charge < -0.3 is 10.1 Å². The number of nitrogens with one attached hydrogen (secondary N) is 1. The van der Waals surface area contributed by atoms with Crippen molar-refractivity contribution >= 4 is 39.3 Å². The van der Waals surface area contributed by atoms with E-state index in [1.54, 1.807) is 31.4 Å². The molecule has 32 heavy (non-hydrogen) atoms. The zero-order valence-electron chi connectivity index (χ0n) is 16.8. The van der Waals surface area contributed by atoms with Crippen molar-refractivity contribution in [2.24, 2.45) is 0 Å². The summed E-state index contributed by atoms with van der Waals surface area (Å²) in [6, 6.07) is 14.6. The minimum Gasteiger partial charge on any atom is -0.497 e. The first kappa shape index (κ1) is 22.0. The molecule has 1 N–H and O–H groups in total. The number of methoxy groups -OCH3 is 1. The highest BCUT2D eigenvalue weighted by atomic mass is 32.2. The Kier molecular flexibility index (Phi) is 6.03. The van der Waals surface area contributed by atoms with Gasteiger partial charge in [0, 0.05) is 10.5 Å². The lowest BCUT2D eigenvalue weighted by Gasteiger charge is -2.19. The number of hydrogen-bond donors (Lipinski definition) is 1. The molecule has 0 unspecified atom stereocenters. The fourth-order valence-corrected chi connectivity index (χ4v) is 5.45. The van der Waals surface area contributed by atoms with Crippen molar-refractivity contribution in [2.75, 3.05) is 12.4 Å². The number of thioether (sulfide) groups is 1. The minimum absolute atomic E-state index is 0.137. The standard InChI is InChI=1S/C23H17F2NO4S2/c1-30-15-7-5-14(6-8-15)11-22-23(27)26-20-12-16(9-10-21(20)31-22)32(28,29)13-17-18(24)3-2-4-19(17)25/h2-12H,13H2,1H3,(H,26,27)/b22-11+. The molecule has 0 fully saturated rings. The summed E-state index contributed by atoms with van der Waals surface area (Å²) in [6.45, 7) is 0. The van der Waals surface area contributed by atoms with Crippen LogP contribution >= 0.6 is 11.8 Å². The van der Waals surface area contributed by atoms with Gasteiger partial charge in [0.2, 0.25) is 0 Å².